The average Bonchev–Trinajstić information content (AvgIpc) is 3.10. The molecule has 0 aliphatic carbocycles. The number of methoxy groups -OCH3 is 1. The molecule has 0 atom stereocenters. The molecule has 3 rings (SSSR count). The molecule has 128 valence electrons. The van der Waals surface area contributed by atoms with E-state index in [9.17, 15) is 4.79 Å². The van der Waals surface area contributed by atoms with Gasteiger partial charge in [0.15, 0.2) is 0 Å². The molecule has 3 aromatic rings. The Morgan fingerprint density at radius 2 is 1.80 bits per heavy atom. The lowest BCUT2D eigenvalue weighted by molar-refractivity contribution is -0.140. The van der Waals surface area contributed by atoms with Gasteiger partial charge in [-0.3, -0.25) is 4.79 Å². The van der Waals surface area contributed by atoms with Crippen molar-refractivity contribution in [2.45, 2.75) is 26.3 Å². The lowest BCUT2D eigenvalue weighted by Crippen LogP contribution is -2.08. The summed E-state index contributed by atoms with van der Waals surface area (Å²) in [6.45, 7) is 2.69. The van der Waals surface area contributed by atoms with Gasteiger partial charge in [-0.15, -0.1) is 0 Å². The monoisotopic (exact) mass is 334 g/mol. The summed E-state index contributed by atoms with van der Waals surface area (Å²) in [5.41, 5.74) is 5.48. The third-order valence-electron chi connectivity index (χ3n) is 4.32. The third kappa shape index (κ3) is 3.63. The molecule has 0 saturated carbocycles. The second-order valence-corrected chi connectivity index (χ2v) is 5.84. The first-order valence-electron chi connectivity index (χ1n) is 8.50. The van der Waals surface area contributed by atoms with Gasteiger partial charge in [-0.25, -0.2) is 4.98 Å². The van der Waals surface area contributed by atoms with Crippen LogP contribution in [0.5, 0.6) is 0 Å². The van der Waals surface area contributed by atoms with Gasteiger partial charge in [0, 0.05) is 17.7 Å². The molecule has 0 unspecified atom stereocenters. The number of nitrogens with zero attached hydrogens (tertiary/aromatic N) is 2. The van der Waals surface area contributed by atoms with Crippen LogP contribution in [0.4, 0.5) is 0 Å². The van der Waals surface area contributed by atoms with E-state index in [4.69, 9.17) is 4.74 Å². The Morgan fingerprint density at radius 3 is 2.52 bits per heavy atom. The van der Waals surface area contributed by atoms with Crippen molar-refractivity contribution in [3.63, 3.8) is 0 Å². The van der Waals surface area contributed by atoms with Crippen molar-refractivity contribution in [2.75, 3.05) is 7.11 Å². The molecule has 2 aromatic carbocycles. The van der Waals surface area contributed by atoms with E-state index in [0.717, 1.165) is 28.9 Å². The Labute approximate surface area is 148 Å². The Balaban J connectivity index is 2.11. The number of carbonyl (C=O) groups excluding carboxylic acids is 1. The molecule has 0 saturated heterocycles. The fourth-order valence-corrected chi connectivity index (χ4v) is 3.01. The average molecular weight is 334 g/mol. The summed E-state index contributed by atoms with van der Waals surface area (Å²) in [7, 11) is 1.42. The Morgan fingerprint density at radius 1 is 1.08 bits per heavy atom. The normalized spacial score (nSPS) is 10.6. The molecule has 0 aliphatic heterocycles. The highest BCUT2D eigenvalue weighted by Gasteiger charge is 2.17. The van der Waals surface area contributed by atoms with Crippen molar-refractivity contribution in [1.82, 2.24) is 9.55 Å². The molecule has 4 nitrogen and oxygen atoms in total. The molecule has 0 spiro atoms. The van der Waals surface area contributed by atoms with Gasteiger partial charge in [0.25, 0.3) is 0 Å². The zero-order valence-electron chi connectivity index (χ0n) is 14.6. The van der Waals surface area contributed by atoms with E-state index >= 15 is 0 Å². The summed E-state index contributed by atoms with van der Waals surface area (Å²) >= 11 is 0. The molecule has 0 radical (unpaired) electrons. The van der Waals surface area contributed by atoms with Crippen LogP contribution in [0.2, 0.25) is 0 Å². The van der Waals surface area contributed by atoms with Crippen LogP contribution >= 0.6 is 0 Å². The minimum absolute atomic E-state index is 0.218. The maximum absolute atomic E-state index is 11.6. The van der Waals surface area contributed by atoms with Gasteiger partial charge < -0.3 is 9.30 Å². The fourth-order valence-electron chi connectivity index (χ4n) is 3.01. The number of benzene rings is 2. The molecule has 0 bridgehead atoms. The van der Waals surface area contributed by atoms with Crippen molar-refractivity contribution in [1.29, 1.82) is 0 Å². The maximum Gasteiger partial charge on any atom is 0.307 e. The number of ether oxygens (including phenoxy) is 1. The second kappa shape index (κ2) is 7.79. The predicted molar refractivity (Wildman–Crippen MR) is 99.1 cm³/mol. The highest BCUT2D eigenvalue weighted by Crippen LogP contribution is 2.33. The molecule has 0 fully saturated rings. The van der Waals surface area contributed by atoms with Crippen LogP contribution < -0.4 is 0 Å². The van der Waals surface area contributed by atoms with Crippen LogP contribution in [0.1, 0.15) is 18.9 Å². The quantitative estimate of drug-likeness (QED) is 0.630. The van der Waals surface area contributed by atoms with Crippen LogP contribution in [0, 0.1) is 0 Å². The zero-order valence-corrected chi connectivity index (χ0v) is 14.6. The summed E-state index contributed by atoms with van der Waals surface area (Å²) in [5, 5.41) is 0. The number of hydrogen-bond donors (Lipinski definition) is 0. The van der Waals surface area contributed by atoms with E-state index in [1.54, 1.807) is 0 Å². The van der Waals surface area contributed by atoms with Crippen molar-refractivity contribution in [3.05, 3.63) is 66.5 Å². The zero-order chi connectivity index (χ0) is 17.6. The van der Waals surface area contributed by atoms with E-state index in [2.05, 4.69) is 42.2 Å². The summed E-state index contributed by atoms with van der Waals surface area (Å²) in [6, 6.07) is 18.5. The third-order valence-corrected chi connectivity index (χ3v) is 4.32. The van der Waals surface area contributed by atoms with Crippen LogP contribution in [-0.2, 0) is 22.5 Å². The Bertz CT molecular complexity index is 853. The van der Waals surface area contributed by atoms with Gasteiger partial charge in [-0.1, -0.05) is 61.5 Å². The summed E-state index contributed by atoms with van der Waals surface area (Å²) in [6.07, 6.45) is 3.07. The van der Waals surface area contributed by atoms with Crippen LogP contribution in [0.25, 0.3) is 22.5 Å². The lowest BCUT2D eigenvalue weighted by Gasteiger charge is -2.13. The van der Waals surface area contributed by atoms with Crippen molar-refractivity contribution in [3.8, 4) is 22.5 Å². The van der Waals surface area contributed by atoms with E-state index in [-0.39, 0.29) is 5.97 Å². The van der Waals surface area contributed by atoms with Gasteiger partial charge in [0.2, 0.25) is 0 Å². The maximum atomic E-state index is 11.6. The van der Waals surface area contributed by atoms with Crippen molar-refractivity contribution in [2.24, 2.45) is 0 Å². The van der Waals surface area contributed by atoms with Gasteiger partial charge in [-0.2, -0.15) is 0 Å². The van der Waals surface area contributed by atoms with E-state index in [0.29, 0.717) is 13.0 Å². The standard InChI is InChI=1S/C21H22N2O2/c1-3-16-9-7-8-12-18(16)21-20(17-10-5-4-6-11-17)22-15-23(21)14-13-19(24)25-2/h4-12,15H,3,13-14H2,1-2H3. The molecular weight excluding hydrogens is 312 g/mol. The van der Waals surface area contributed by atoms with Gasteiger partial charge in [-0.05, 0) is 12.0 Å². The van der Waals surface area contributed by atoms with Gasteiger partial charge in [0.05, 0.1) is 31.2 Å². The summed E-state index contributed by atoms with van der Waals surface area (Å²) < 4.78 is 6.83. The first-order chi connectivity index (χ1) is 12.2. The largest absolute Gasteiger partial charge is 0.469 e. The smallest absolute Gasteiger partial charge is 0.307 e. The van der Waals surface area contributed by atoms with E-state index < -0.39 is 0 Å². The summed E-state index contributed by atoms with van der Waals surface area (Å²) in [4.78, 5) is 16.2. The molecule has 0 amide bonds. The Kier molecular flexibility index (Phi) is 5.29. The number of aryl methyl sites for hydroxylation is 2. The van der Waals surface area contributed by atoms with Gasteiger partial charge in [0.1, 0.15) is 0 Å². The van der Waals surface area contributed by atoms with Gasteiger partial charge >= 0.3 is 5.97 Å². The number of imidazole rings is 1. The number of aromatic nitrogens is 2. The number of esters is 1. The number of hydrogen-bond acceptors (Lipinski definition) is 3. The molecule has 4 heteroatoms. The fraction of sp³-hybridized carbons (Fsp3) is 0.238. The van der Waals surface area contributed by atoms with E-state index in [1.807, 2.05) is 35.2 Å². The van der Waals surface area contributed by atoms with Crippen LogP contribution in [0.3, 0.4) is 0 Å². The topological polar surface area (TPSA) is 44.1 Å². The highest BCUT2D eigenvalue weighted by molar-refractivity contribution is 5.80. The first-order valence-corrected chi connectivity index (χ1v) is 8.50. The van der Waals surface area contributed by atoms with Crippen molar-refractivity contribution >= 4 is 5.97 Å². The van der Waals surface area contributed by atoms with Crippen LogP contribution in [0.15, 0.2) is 60.9 Å². The molecule has 1 heterocycles. The number of carbonyl (C=O) groups is 1. The lowest BCUT2D eigenvalue weighted by atomic mass is 9.98. The molecular formula is C21H22N2O2. The predicted octanol–water partition coefficient (Wildman–Crippen LogP) is 4.34. The highest BCUT2D eigenvalue weighted by atomic mass is 16.5. The molecule has 0 aliphatic rings. The molecule has 1 aromatic heterocycles. The Hall–Kier alpha value is -2.88. The SMILES string of the molecule is CCc1ccccc1-c1c(-c2ccccc2)ncn1CCC(=O)OC. The first kappa shape index (κ1) is 17.0. The van der Waals surface area contributed by atoms with E-state index in [1.165, 1.54) is 12.7 Å². The second-order valence-electron chi connectivity index (χ2n) is 5.84. The molecule has 0 N–H and O–H groups in total. The number of rotatable bonds is 6. The van der Waals surface area contributed by atoms with Crippen LogP contribution in [-0.4, -0.2) is 22.6 Å². The molecule has 25 heavy (non-hydrogen) atoms. The summed E-state index contributed by atoms with van der Waals surface area (Å²) in [5.74, 6) is -0.218. The minimum atomic E-state index is -0.218. The van der Waals surface area contributed by atoms with Crippen molar-refractivity contribution < 1.29 is 9.53 Å². The minimum Gasteiger partial charge on any atom is -0.469 e.